The number of aromatic nitrogens is 2. The third-order valence-electron chi connectivity index (χ3n) is 4.40. The molecule has 0 aromatic carbocycles. The fraction of sp³-hybridized carbons (Fsp3) is 0.733. The molecule has 2 aliphatic rings. The Kier molecular flexibility index (Phi) is 7.80. The average Bonchev–Trinajstić information content (AvgIpc) is 2.94. The Labute approximate surface area is 149 Å². The monoisotopic (exact) mass is 364 g/mol. The van der Waals surface area contributed by atoms with Gasteiger partial charge in [-0.3, -0.25) is 9.48 Å². The van der Waals surface area contributed by atoms with Crippen LogP contribution in [0, 0.1) is 6.92 Å². The number of hydrogen-bond donors (Lipinski definition) is 1. The van der Waals surface area contributed by atoms with E-state index in [9.17, 15) is 4.79 Å². The van der Waals surface area contributed by atoms with E-state index in [1.54, 1.807) is 0 Å². The van der Waals surface area contributed by atoms with Crippen LogP contribution in [0.25, 0.3) is 0 Å². The molecule has 0 radical (unpaired) electrons. The number of morpholine rings is 1. The summed E-state index contributed by atoms with van der Waals surface area (Å²) in [4.78, 5) is 14.7. The van der Waals surface area contributed by atoms with Gasteiger partial charge in [-0.25, -0.2) is 0 Å². The van der Waals surface area contributed by atoms with Crippen LogP contribution in [0.1, 0.15) is 31.4 Å². The molecule has 3 rings (SSSR count). The van der Waals surface area contributed by atoms with E-state index in [0.29, 0.717) is 6.61 Å². The molecule has 1 amide bonds. The Bertz CT molecular complexity index is 511. The highest BCUT2D eigenvalue weighted by Gasteiger charge is 2.34. The number of carbonyl (C=O) groups is 1. The second-order valence-electron chi connectivity index (χ2n) is 6.09. The van der Waals surface area contributed by atoms with Gasteiger partial charge in [0.1, 0.15) is 6.04 Å². The molecule has 3 atom stereocenters. The predicted molar refractivity (Wildman–Crippen MR) is 93.5 cm³/mol. The van der Waals surface area contributed by atoms with Crippen molar-refractivity contribution in [1.29, 1.82) is 0 Å². The lowest BCUT2D eigenvalue weighted by Gasteiger charge is -2.38. The van der Waals surface area contributed by atoms with Crippen LogP contribution in [0.2, 0.25) is 0 Å². The highest BCUT2D eigenvalue weighted by molar-refractivity contribution is 5.85. The molecule has 1 aromatic heterocycles. The average molecular weight is 365 g/mol. The zero-order valence-corrected chi connectivity index (χ0v) is 15.2. The maximum absolute atomic E-state index is 12.7. The topological polar surface area (TPSA) is 59.4 Å². The Morgan fingerprint density at radius 1 is 1.43 bits per heavy atom. The van der Waals surface area contributed by atoms with Gasteiger partial charge in [-0.1, -0.05) is 0 Å². The second-order valence-corrected chi connectivity index (χ2v) is 6.09. The van der Waals surface area contributed by atoms with Crippen LogP contribution in [-0.4, -0.2) is 59.0 Å². The molecule has 0 aliphatic carbocycles. The first-order valence-electron chi connectivity index (χ1n) is 7.79. The highest BCUT2D eigenvalue weighted by atomic mass is 35.5. The standard InChI is InChI=1S/C15H24N4O2.2ClH/c1-11-8-17-19(9-11)13-4-3-6-18(10-13)15(20)14-12(2)21-7-5-16-14;;/h8-9,12-14,16H,3-7,10H2,1-2H3;2*1H/t12-,13?,14+;;/m1../s1. The number of aryl methyl sites for hydroxylation is 1. The van der Waals surface area contributed by atoms with Crippen molar-refractivity contribution in [2.75, 3.05) is 26.2 Å². The molecule has 2 fully saturated rings. The fourth-order valence-electron chi connectivity index (χ4n) is 3.21. The van der Waals surface area contributed by atoms with Crippen molar-refractivity contribution in [3.8, 4) is 0 Å². The summed E-state index contributed by atoms with van der Waals surface area (Å²) in [5.41, 5.74) is 1.16. The third kappa shape index (κ3) is 4.59. The van der Waals surface area contributed by atoms with Crippen molar-refractivity contribution in [2.24, 2.45) is 0 Å². The molecule has 0 bridgehead atoms. The summed E-state index contributed by atoms with van der Waals surface area (Å²) < 4.78 is 7.59. The minimum absolute atomic E-state index is 0. The predicted octanol–water partition coefficient (Wildman–Crippen LogP) is 1.58. The summed E-state index contributed by atoms with van der Waals surface area (Å²) in [6, 6.07) is 0.0769. The molecule has 0 spiro atoms. The summed E-state index contributed by atoms with van der Waals surface area (Å²) in [6.45, 7) is 7.01. The Balaban J connectivity index is 0.00000132. The molecule has 1 N–H and O–H groups in total. The smallest absolute Gasteiger partial charge is 0.242 e. The second kappa shape index (κ2) is 8.87. The Hall–Kier alpha value is -0.820. The van der Waals surface area contributed by atoms with Crippen LogP contribution in [0.4, 0.5) is 0 Å². The normalized spacial score (nSPS) is 27.7. The van der Waals surface area contributed by atoms with Crippen LogP contribution >= 0.6 is 24.8 Å². The third-order valence-corrected chi connectivity index (χ3v) is 4.40. The first-order chi connectivity index (χ1) is 10.1. The lowest BCUT2D eigenvalue weighted by Crippen LogP contribution is -2.57. The first kappa shape index (κ1) is 20.2. The molecule has 2 saturated heterocycles. The van der Waals surface area contributed by atoms with Gasteiger partial charge in [-0.15, -0.1) is 24.8 Å². The number of likely N-dealkylation sites (tertiary alicyclic amines) is 1. The van der Waals surface area contributed by atoms with Crippen LogP contribution < -0.4 is 5.32 Å². The SMILES string of the molecule is Cc1cnn(C2CCCN(C(=O)[C@H]3NCCO[C@@H]3C)C2)c1.Cl.Cl. The van der Waals surface area contributed by atoms with Crippen LogP contribution in [0.3, 0.4) is 0 Å². The van der Waals surface area contributed by atoms with Crippen LogP contribution in [-0.2, 0) is 9.53 Å². The molecule has 6 nitrogen and oxygen atoms in total. The number of piperidine rings is 1. The zero-order chi connectivity index (χ0) is 14.8. The molecule has 132 valence electrons. The lowest BCUT2D eigenvalue weighted by atomic mass is 10.0. The van der Waals surface area contributed by atoms with Crippen molar-refractivity contribution in [3.05, 3.63) is 18.0 Å². The molecular weight excluding hydrogens is 339 g/mol. The largest absolute Gasteiger partial charge is 0.375 e. The molecular formula is C15H26Cl2N4O2. The van der Waals surface area contributed by atoms with E-state index in [1.807, 2.05) is 29.6 Å². The minimum Gasteiger partial charge on any atom is -0.375 e. The number of nitrogens with one attached hydrogen (secondary N) is 1. The number of hydrogen-bond acceptors (Lipinski definition) is 4. The first-order valence-corrected chi connectivity index (χ1v) is 7.79. The van der Waals surface area contributed by atoms with E-state index in [4.69, 9.17) is 4.74 Å². The molecule has 23 heavy (non-hydrogen) atoms. The molecule has 3 heterocycles. The number of nitrogens with zero attached hydrogens (tertiary/aromatic N) is 3. The molecule has 1 unspecified atom stereocenters. The summed E-state index contributed by atoms with van der Waals surface area (Å²) in [5.74, 6) is 0.163. The number of amides is 1. The van der Waals surface area contributed by atoms with Crippen molar-refractivity contribution >= 4 is 30.7 Å². The maximum atomic E-state index is 12.7. The van der Waals surface area contributed by atoms with Crippen molar-refractivity contribution in [3.63, 3.8) is 0 Å². The molecule has 2 aliphatic heterocycles. The van der Waals surface area contributed by atoms with E-state index in [-0.39, 0.29) is 48.9 Å². The van der Waals surface area contributed by atoms with Gasteiger partial charge in [0, 0.05) is 25.8 Å². The zero-order valence-electron chi connectivity index (χ0n) is 13.6. The number of carbonyl (C=O) groups excluding carboxylic acids is 1. The Morgan fingerprint density at radius 2 is 2.22 bits per heavy atom. The summed E-state index contributed by atoms with van der Waals surface area (Å²) in [6.07, 6.45) is 5.98. The van der Waals surface area contributed by atoms with E-state index in [1.165, 1.54) is 0 Å². The summed E-state index contributed by atoms with van der Waals surface area (Å²) in [5, 5.41) is 7.69. The van der Waals surface area contributed by atoms with Gasteiger partial charge in [0.05, 0.1) is 24.9 Å². The molecule has 8 heteroatoms. The van der Waals surface area contributed by atoms with Crippen molar-refractivity contribution in [2.45, 2.75) is 44.9 Å². The van der Waals surface area contributed by atoms with Gasteiger partial charge in [-0.2, -0.15) is 5.10 Å². The van der Waals surface area contributed by atoms with Gasteiger partial charge in [-0.05, 0) is 32.3 Å². The van der Waals surface area contributed by atoms with Gasteiger partial charge >= 0.3 is 0 Å². The van der Waals surface area contributed by atoms with Crippen LogP contribution in [0.5, 0.6) is 0 Å². The molecule has 1 aromatic rings. The molecule has 0 saturated carbocycles. The van der Waals surface area contributed by atoms with E-state index < -0.39 is 0 Å². The van der Waals surface area contributed by atoms with E-state index in [0.717, 1.165) is 38.0 Å². The lowest BCUT2D eigenvalue weighted by molar-refractivity contribution is -0.141. The van der Waals surface area contributed by atoms with Gasteiger partial charge in [0.2, 0.25) is 5.91 Å². The summed E-state index contributed by atoms with van der Waals surface area (Å²) in [7, 11) is 0. The van der Waals surface area contributed by atoms with Crippen molar-refractivity contribution < 1.29 is 9.53 Å². The van der Waals surface area contributed by atoms with E-state index in [2.05, 4.69) is 16.6 Å². The number of ether oxygens (including phenoxy) is 1. The van der Waals surface area contributed by atoms with E-state index >= 15 is 0 Å². The minimum atomic E-state index is -0.211. The summed E-state index contributed by atoms with van der Waals surface area (Å²) >= 11 is 0. The highest BCUT2D eigenvalue weighted by Crippen LogP contribution is 2.22. The maximum Gasteiger partial charge on any atom is 0.242 e. The quantitative estimate of drug-likeness (QED) is 0.865. The van der Waals surface area contributed by atoms with Crippen molar-refractivity contribution in [1.82, 2.24) is 20.0 Å². The number of halogens is 2. The van der Waals surface area contributed by atoms with Gasteiger partial charge in [0.15, 0.2) is 0 Å². The van der Waals surface area contributed by atoms with Gasteiger partial charge < -0.3 is 15.0 Å². The van der Waals surface area contributed by atoms with Crippen LogP contribution in [0.15, 0.2) is 12.4 Å². The van der Waals surface area contributed by atoms with Gasteiger partial charge in [0.25, 0.3) is 0 Å². The number of rotatable bonds is 2. The fourth-order valence-corrected chi connectivity index (χ4v) is 3.21. The Morgan fingerprint density at radius 3 is 2.87 bits per heavy atom.